The van der Waals surface area contributed by atoms with Crippen LogP contribution in [0.3, 0.4) is 0 Å². The number of fused-ring (bicyclic) bond motifs is 2. The molecule has 0 saturated carbocycles. The summed E-state index contributed by atoms with van der Waals surface area (Å²) in [5.41, 5.74) is 0.362. The van der Waals surface area contributed by atoms with E-state index >= 15 is 0 Å². The fourth-order valence-electron chi connectivity index (χ4n) is 1.97. The molecule has 0 unspecified atom stereocenters. The minimum atomic E-state index is -0.462. The number of aromatic amines is 1. The number of aromatic nitrogens is 2. The van der Waals surface area contributed by atoms with Crippen molar-refractivity contribution in [2.24, 2.45) is 0 Å². The zero-order chi connectivity index (χ0) is 14.1. The molecule has 0 radical (unpaired) electrons. The van der Waals surface area contributed by atoms with Crippen LogP contribution in [0.15, 0.2) is 43.8 Å². The van der Waals surface area contributed by atoms with E-state index in [0.717, 1.165) is 10.6 Å². The lowest BCUT2D eigenvalue weighted by molar-refractivity contribution is 0.0785. The molecule has 1 aliphatic heterocycles. The molecule has 0 fully saturated rings. The van der Waals surface area contributed by atoms with Crippen LogP contribution in [-0.4, -0.2) is 16.2 Å². The molecule has 7 heteroatoms. The van der Waals surface area contributed by atoms with Crippen molar-refractivity contribution in [3.63, 3.8) is 0 Å². The molecule has 6 nitrogen and oxygen atoms in total. The summed E-state index contributed by atoms with van der Waals surface area (Å²) < 4.78 is 6.72. The van der Waals surface area contributed by atoms with E-state index in [9.17, 15) is 9.59 Å². The number of benzene rings is 1. The smallest absolute Gasteiger partial charge is 0.331 e. The maximum absolute atomic E-state index is 11.9. The fraction of sp³-hybridized carbons (Fsp3) is 0.231. The van der Waals surface area contributed by atoms with Crippen molar-refractivity contribution in [2.45, 2.75) is 23.6 Å². The largest absolute Gasteiger partial charge is 0.361 e. The van der Waals surface area contributed by atoms with Gasteiger partial charge in [0.25, 0.3) is 5.56 Å². The highest BCUT2D eigenvalue weighted by Crippen LogP contribution is 2.41. The van der Waals surface area contributed by atoms with E-state index in [-0.39, 0.29) is 6.73 Å². The van der Waals surface area contributed by atoms with Crippen LogP contribution in [0.4, 0.5) is 11.4 Å². The third kappa shape index (κ3) is 2.14. The highest BCUT2D eigenvalue weighted by molar-refractivity contribution is 7.99. The standard InChI is InChI=1S/C13H13N3O3S/c1-2-19-7-16-12-10(11(17)15-13(16)18)14-8-5-3-4-6-9(8)20-12/h3-6,14H,2,7H2,1H3,(H,15,17,18). The van der Waals surface area contributed by atoms with Crippen LogP contribution in [0.5, 0.6) is 0 Å². The van der Waals surface area contributed by atoms with Crippen molar-refractivity contribution >= 4 is 23.1 Å². The van der Waals surface area contributed by atoms with Gasteiger partial charge in [0, 0.05) is 11.5 Å². The molecular weight excluding hydrogens is 278 g/mol. The van der Waals surface area contributed by atoms with Gasteiger partial charge in [-0.15, -0.1) is 0 Å². The van der Waals surface area contributed by atoms with Crippen LogP contribution in [0.1, 0.15) is 6.92 Å². The molecular formula is C13H13N3O3S. The van der Waals surface area contributed by atoms with Gasteiger partial charge in [0.15, 0.2) is 0 Å². The number of ether oxygens (including phenoxy) is 1. The zero-order valence-electron chi connectivity index (χ0n) is 10.8. The Balaban J connectivity index is 2.14. The van der Waals surface area contributed by atoms with Crippen LogP contribution >= 0.6 is 11.8 Å². The van der Waals surface area contributed by atoms with E-state index < -0.39 is 11.2 Å². The Labute approximate surface area is 118 Å². The summed E-state index contributed by atoms with van der Waals surface area (Å²) >= 11 is 1.39. The molecule has 3 rings (SSSR count). The molecule has 1 aliphatic rings. The third-order valence-corrected chi connectivity index (χ3v) is 4.12. The van der Waals surface area contributed by atoms with Gasteiger partial charge >= 0.3 is 5.69 Å². The number of nitrogens with one attached hydrogen (secondary N) is 2. The van der Waals surface area contributed by atoms with E-state index in [0.29, 0.717) is 17.3 Å². The first-order chi connectivity index (χ1) is 9.70. The molecule has 2 N–H and O–H groups in total. The first kappa shape index (κ1) is 13.0. The van der Waals surface area contributed by atoms with Gasteiger partial charge in [-0.3, -0.25) is 14.3 Å². The van der Waals surface area contributed by atoms with Crippen molar-refractivity contribution in [3.05, 3.63) is 45.1 Å². The van der Waals surface area contributed by atoms with Gasteiger partial charge in [-0.05, 0) is 19.1 Å². The SMILES string of the molecule is CCOCn1c2c(c(=O)[nH]c1=O)Nc1ccccc1S2. The summed E-state index contributed by atoms with van der Waals surface area (Å²) in [7, 11) is 0. The van der Waals surface area contributed by atoms with Gasteiger partial charge in [0.2, 0.25) is 0 Å². The van der Waals surface area contributed by atoms with Crippen LogP contribution in [-0.2, 0) is 11.5 Å². The lowest BCUT2D eigenvalue weighted by Gasteiger charge is -2.22. The maximum atomic E-state index is 11.9. The molecule has 0 spiro atoms. The summed E-state index contributed by atoms with van der Waals surface area (Å²) in [5.74, 6) is 0. The van der Waals surface area contributed by atoms with Crippen molar-refractivity contribution in [2.75, 3.05) is 11.9 Å². The highest BCUT2D eigenvalue weighted by atomic mass is 32.2. The van der Waals surface area contributed by atoms with Crippen molar-refractivity contribution in [1.29, 1.82) is 0 Å². The summed E-state index contributed by atoms with van der Waals surface area (Å²) in [5, 5.41) is 3.65. The summed E-state index contributed by atoms with van der Waals surface area (Å²) in [6, 6.07) is 7.63. The average Bonchev–Trinajstić information content (AvgIpc) is 2.45. The monoisotopic (exact) mass is 291 g/mol. The predicted molar refractivity (Wildman–Crippen MR) is 76.8 cm³/mol. The van der Waals surface area contributed by atoms with Crippen molar-refractivity contribution in [1.82, 2.24) is 9.55 Å². The highest BCUT2D eigenvalue weighted by Gasteiger charge is 2.22. The Kier molecular flexibility index (Phi) is 3.37. The lowest BCUT2D eigenvalue weighted by Crippen LogP contribution is -2.34. The number of anilines is 2. The number of hydrogen-bond acceptors (Lipinski definition) is 5. The van der Waals surface area contributed by atoms with Gasteiger partial charge < -0.3 is 10.1 Å². The molecule has 0 amide bonds. The quantitative estimate of drug-likeness (QED) is 0.719. The topological polar surface area (TPSA) is 76.1 Å². The Hall–Kier alpha value is -1.99. The number of H-pyrrole nitrogens is 1. The van der Waals surface area contributed by atoms with E-state index in [2.05, 4.69) is 10.3 Å². The minimum Gasteiger partial charge on any atom is -0.361 e. The van der Waals surface area contributed by atoms with Crippen molar-refractivity contribution in [3.8, 4) is 0 Å². The zero-order valence-corrected chi connectivity index (χ0v) is 11.6. The normalized spacial score (nSPS) is 12.4. The Morgan fingerprint density at radius 2 is 2.10 bits per heavy atom. The Morgan fingerprint density at radius 3 is 2.90 bits per heavy atom. The second-order valence-electron chi connectivity index (χ2n) is 4.21. The predicted octanol–water partition coefficient (Wildman–Crippen LogP) is 1.74. The first-order valence-electron chi connectivity index (χ1n) is 6.19. The van der Waals surface area contributed by atoms with Gasteiger partial charge in [-0.25, -0.2) is 4.79 Å². The van der Waals surface area contributed by atoms with E-state index in [1.807, 2.05) is 31.2 Å². The first-order valence-corrected chi connectivity index (χ1v) is 7.01. The van der Waals surface area contributed by atoms with Crippen LogP contribution < -0.4 is 16.6 Å². The van der Waals surface area contributed by atoms with E-state index in [4.69, 9.17) is 4.74 Å². The second kappa shape index (κ2) is 5.18. The van der Waals surface area contributed by atoms with Gasteiger partial charge in [0.1, 0.15) is 17.4 Å². The Bertz CT molecular complexity index is 766. The fourth-order valence-corrected chi connectivity index (χ4v) is 3.04. The van der Waals surface area contributed by atoms with Gasteiger partial charge in [0.05, 0.1) is 5.69 Å². The molecule has 1 aromatic carbocycles. The van der Waals surface area contributed by atoms with E-state index in [1.165, 1.54) is 16.3 Å². The molecule has 0 aliphatic carbocycles. The minimum absolute atomic E-state index is 0.116. The Morgan fingerprint density at radius 1 is 1.30 bits per heavy atom. The molecule has 0 bridgehead atoms. The number of rotatable bonds is 3. The lowest BCUT2D eigenvalue weighted by atomic mass is 10.3. The summed E-state index contributed by atoms with van der Waals surface area (Å²) in [6.45, 7) is 2.46. The number of hydrogen-bond donors (Lipinski definition) is 2. The van der Waals surface area contributed by atoms with Gasteiger partial charge in [-0.1, -0.05) is 23.9 Å². The average molecular weight is 291 g/mol. The van der Waals surface area contributed by atoms with Crippen molar-refractivity contribution < 1.29 is 4.74 Å². The molecule has 2 heterocycles. The van der Waals surface area contributed by atoms with Crippen LogP contribution in [0.25, 0.3) is 0 Å². The second-order valence-corrected chi connectivity index (χ2v) is 5.24. The van der Waals surface area contributed by atoms with Gasteiger partial charge in [-0.2, -0.15) is 0 Å². The maximum Gasteiger partial charge on any atom is 0.331 e. The third-order valence-electron chi connectivity index (χ3n) is 2.93. The molecule has 1 aromatic heterocycles. The molecule has 20 heavy (non-hydrogen) atoms. The van der Waals surface area contributed by atoms with Crippen LogP contribution in [0.2, 0.25) is 0 Å². The van der Waals surface area contributed by atoms with Crippen LogP contribution in [0, 0.1) is 0 Å². The molecule has 0 atom stereocenters. The van der Waals surface area contributed by atoms with E-state index in [1.54, 1.807) is 0 Å². The molecule has 104 valence electrons. The molecule has 0 saturated heterocycles. The summed E-state index contributed by atoms with van der Waals surface area (Å²) in [4.78, 5) is 27.1. The number of nitrogens with zero attached hydrogens (tertiary/aromatic N) is 1. The molecule has 2 aromatic rings. The summed E-state index contributed by atoms with van der Waals surface area (Å²) in [6.07, 6.45) is 0. The number of para-hydroxylation sites is 1.